The number of hydrogen-bond acceptors (Lipinski definition) is 5. The first-order valence-electron chi connectivity index (χ1n) is 10.5. The molecule has 0 bridgehead atoms. The first kappa shape index (κ1) is 23.3. The molecule has 1 aromatic heterocycles. The summed E-state index contributed by atoms with van der Waals surface area (Å²) in [6.07, 6.45) is 3.55. The number of benzene rings is 2. The molecule has 1 N–H and O–H groups in total. The Bertz CT molecular complexity index is 1120. The van der Waals surface area contributed by atoms with Crippen LogP contribution in [-0.2, 0) is 9.59 Å². The maximum atomic E-state index is 13.3. The van der Waals surface area contributed by atoms with Crippen molar-refractivity contribution in [3.05, 3.63) is 71.8 Å². The minimum atomic E-state index is -0.395. The molecule has 1 aliphatic heterocycles. The zero-order chi connectivity index (χ0) is 23.2. The number of piperazine rings is 1. The van der Waals surface area contributed by atoms with E-state index in [9.17, 15) is 14.0 Å². The van der Waals surface area contributed by atoms with Gasteiger partial charge in [-0.05, 0) is 42.5 Å². The van der Waals surface area contributed by atoms with Crippen LogP contribution in [0.2, 0.25) is 5.02 Å². The van der Waals surface area contributed by atoms with E-state index in [0.717, 1.165) is 10.8 Å². The Morgan fingerprint density at radius 2 is 1.85 bits per heavy atom. The second kappa shape index (κ2) is 10.8. The maximum Gasteiger partial charge on any atom is 0.238 e. The molecule has 3 aromatic rings. The first-order valence-corrected chi connectivity index (χ1v) is 11.8. The molecule has 1 saturated heterocycles. The van der Waals surface area contributed by atoms with Gasteiger partial charge in [-0.15, -0.1) is 0 Å². The van der Waals surface area contributed by atoms with Crippen molar-refractivity contribution in [1.29, 1.82) is 0 Å². The molecule has 0 spiro atoms. The number of hydrogen-bond donors (Lipinski definition) is 1. The lowest BCUT2D eigenvalue weighted by Gasteiger charge is -2.34. The lowest BCUT2D eigenvalue weighted by molar-refractivity contribution is -0.130. The summed E-state index contributed by atoms with van der Waals surface area (Å²) in [7, 11) is 0. The molecule has 4 rings (SSSR count). The van der Waals surface area contributed by atoms with Crippen LogP contribution < -0.4 is 5.32 Å². The van der Waals surface area contributed by atoms with Crippen LogP contribution in [0.3, 0.4) is 0 Å². The maximum absolute atomic E-state index is 13.3. The highest BCUT2D eigenvalue weighted by Gasteiger charge is 2.23. The van der Waals surface area contributed by atoms with Crippen molar-refractivity contribution in [2.75, 3.05) is 43.8 Å². The normalized spacial score (nSPS) is 14.3. The zero-order valence-electron chi connectivity index (χ0n) is 17.8. The standard InChI is InChI=1S/C23H23ClFN5O2S/c24-17-4-6-20(7-5-17)30-9-8-26-23(30)33-16-22(32)29-12-10-28(11-13-29)15-21(31)27-19-3-1-2-18(25)14-19/h1-9,14H,10-13,15-16H2,(H,27,31). The Labute approximate surface area is 200 Å². The van der Waals surface area contributed by atoms with Gasteiger partial charge in [0.25, 0.3) is 0 Å². The third-order valence-corrected chi connectivity index (χ3v) is 6.44. The second-order valence-corrected chi connectivity index (χ2v) is 8.94. The number of aromatic nitrogens is 2. The van der Waals surface area contributed by atoms with E-state index in [1.165, 1.54) is 23.9 Å². The number of imidazole rings is 1. The monoisotopic (exact) mass is 487 g/mol. The molecule has 2 aromatic carbocycles. The smallest absolute Gasteiger partial charge is 0.238 e. The van der Waals surface area contributed by atoms with Crippen LogP contribution in [0, 0.1) is 5.82 Å². The van der Waals surface area contributed by atoms with Gasteiger partial charge in [0.15, 0.2) is 5.16 Å². The van der Waals surface area contributed by atoms with Crippen molar-refractivity contribution < 1.29 is 14.0 Å². The fourth-order valence-electron chi connectivity index (χ4n) is 3.54. The van der Waals surface area contributed by atoms with Gasteiger partial charge in [0.2, 0.25) is 11.8 Å². The summed E-state index contributed by atoms with van der Waals surface area (Å²) in [6.45, 7) is 2.51. The SMILES string of the molecule is O=C(CN1CCN(C(=O)CSc2nccn2-c2ccc(Cl)cc2)CC1)Nc1cccc(F)c1. The predicted molar refractivity (Wildman–Crippen MR) is 127 cm³/mol. The van der Waals surface area contributed by atoms with Crippen LogP contribution >= 0.6 is 23.4 Å². The van der Waals surface area contributed by atoms with E-state index >= 15 is 0 Å². The van der Waals surface area contributed by atoms with Crippen molar-refractivity contribution in [2.45, 2.75) is 5.16 Å². The van der Waals surface area contributed by atoms with Gasteiger partial charge in [0.05, 0.1) is 12.3 Å². The molecule has 1 aliphatic rings. The van der Waals surface area contributed by atoms with E-state index in [0.29, 0.717) is 36.9 Å². The largest absolute Gasteiger partial charge is 0.339 e. The minimum absolute atomic E-state index is 0.0366. The molecule has 172 valence electrons. The van der Waals surface area contributed by atoms with Gasteiger partial charge in [-0.25, -0.2) is 9.37 Å². The number of nitrogens with one attached hydrogen (secondary N) is 1. The highest BCUT2D eigenvalue weighted by atomic mass is 35.5. The number of anilines is 1. The second-order valence-electron chi connectivity index (χ2n) is 7.56. The molecule has 0 atom stereocenters. The molecule has 0 unspecified atom stereocenters. The fourth-order valence-corrected chi connectivity index (χ4v) is 4.54. The number of thioether (sulfide) groups is 1. The lowest BCUT2D eigenvalue weighted by atomic mass is 10.3. The van der Waals surface area contributed by atoms with E-state index in [4.69, 9.17) is 11.6 Å². The van der Waals surface area contributed by atoms with E-state index in [2.05, 4.69) is 10.3 Å². The third-order valence-electron chi connectivity index (χ3n) is 5.24. The van der Waals surface area contributed by atoms with Crippen molar-refractivity contribution in [2.24, 2.45) is 0 Å². The summed E-state index contributed by atoms with van der Waals surface area (Å²) in [5, 5.41) is 4.10. The van der Waals surface area contributed by atoms with Crippen molar-refractivity contribution in [3.8, 4) is 5.69 Å². The molecule has 10 heteroatoms. The van der Waals surface area contributed by atoms with Crippen molar-refractivity contribution >= 4 is 40.9 Å². The van der Waals surface area contributed by atoms with E-state index in [-0.39, 0.29) is 24.1 Å². The average Bonchev–Trinajstić information content (AvgIpc) is 3.27. The summed E-state index contributed by atoms with van der Waals surface area (Å²) in [5.41, 5.74) is 1.36. The van der Waals surface area contributed by atoms with Crippen LogP contribution in [0.25, 0.3) is 5.69 Å². The fraction of sp³-hybridized carbons (Fsp3) is 0.261. The summed E-state index contributed by atoms with van der Waals surface area (Å²) in [5.74, 6) is -0.280. The van der Waals surface area contributed by atoms with Gasteiger partial charge in [0, 0.05) is 55.0 Å². The third kappa shape index (κ3) is 6.34. The van der Waals surface area contributed by atoms with Gasteiger partial charge >= 0.3 is 0 Å². The van der Waals surface area contributed by atoms with Crippen molar-refractivity contribution in [3.63, 3.8) is 0 Å². The van der Waals surface area contributed by atoms with Gasteiger partial charge in [-0.1, -0.05) is 29.4 Å². The number of carbonyl (C=O) groups is 2. The Balaban J connectivity index is 1.23. The average molecular weight is 488 g/mol. The van der Waals surface area contributed by atoms with Crippen molar-refractivity contribution in [1.82, 2.24) is 19.4 Å². The van der Waals surface area contributed by atoms with Gasteiger partial charge in [0.1, 0.15) is 5.82 Å². The zero-order valence-corrected chi connectivity index (χ0v) is 19.4. The predicted octanol–water partition coefficient (Wildman–Crippen LogP) is 3.54. The van der Waals surface area contributed by atoms with E-state index in [1.807, 2.05) is 44.8 Å². The number of amides is 2. The van der Waals surface area contributed by atoms with Crippen LogP contribution in [0.1, 0.15) is 0 Å². The number of nitrogens with zero attached hydrogens (tertiary/aromatic N) is 4. The van der Waals surface area contributed by atoms with Crippen LogP contribution in [0.5, 0.6) is 0 Å². The van der Waals surface area contributed by atoms with Gasteiger partial charge < -0.3 is 10.2 Å². The molecule has 7 nitrogen and oxygen atoms in total. The number of halogens is 2. The van der Waals surface area contributed by atoms with Gasteiger partial charge in [-0.2, -0.15) is 0 Å². The summed E-state index contributed by atoms with van der Waals surface area (Å²) < 4.78 is 15.2. The van der Waals surface area contributed by atoms with E-state index < -0.39 is 5.82 Å². The summed E-state index contributed by atoms with van der Waals surface area (Å²) in [4.78, 5) is 33.1. The van der Waals surface area contributed by atoms with Crippen LogP contribution in [0.15, 0.2) is 66.1 Å². The first-order chi connectivity index (χ1) is 16.0. The number of rotatable bonds is 7. The van der Waals surface area contributed by atoms with Crippen LogP contribution in [0.4, 0.5) is 10.1 Å². The molecule has 2 heterocycles. The molecule has 2 amide bonds. The Kier molecular flexibility index (Phi) is 7.64. The summed E-state index contributed by atoms with van der Waals surface area (Å²) >= 11 is 7.35. The highest BCUT2D eigenvalue weighted by Crippen LogP contribution is 2.22. The highest BCUT2D eigenvalue weighted by molar-refractivity contribution is 7.99. The van der Waals surface area contributed by atoms with Crippen LogP contribution in [-0.4, -0.2) is 69.6 Å². The molecule has 0 saturated carbocycles. The Morgan fingerprint density at radius 1 is 1.09 bits per heavy atom. The van der Waals surface area contributed by atoms with E-state index in [1.54, 1.807) is 18.3 Å². The Hall–Kier alpha value is -2.88. The number of carbonyl (C=O) groups excluding carboxylic acids is 2. The molecule has 33 heavy (non-hydrogen) atoms. The molecule has 1 fully saturated rings. The molecule has 0 aliphatic carbocycles. The summed E-state index contributed by atoms with van der Waals surface area (Å²) in [6, 6.07) is 13.2. The Morgan fingerprint density at radius 3 is 2.58 bits per heavy atom. The minimum Gasteiger partial charge on any atom is -0.339 e. The quantitative estimate of drug-likeness (QED) is 0.516. The molecule has 0 radical (unpaired) electrons. The topological polar surface area (TPSA) is 70.5 Å². The van der Waals surface area contributed by atoms with Gasteiger partial charge in [-0.3, -0.25) is 19.1 Å². The molecular formula is C23H23ClFN5O2S. The molecular weight excluding hydrogens is 465 g/mol. The lowest BCUT2D eigenvalue weighted by Crippen LogP contribution is -2.50.